The van der Waals surface area contributed by atoms with Crippen molar-refractivity contribution in [3.8, 4) is 16.5 Å². The van der Waals surface area contributed by atoms with Crippen LogP contribution in [0.5, 0.6) is 0 Å². The molecule has 4 aromatic heterocycles. The van der Waals surface area contributed by atoms with Gasteiger partial charge in [-0.15, -0.1) is 28.1 Å². The summed E-state index contributed by atoms with van der Waals surface area (Å²) in [6, 6.07) is 5.70. The van der Waals surface area contributed by atoms with E-state index in [4.69, 9.17) is 0 Å². The SMILES string of the molecule is C=CCn1c(SCC(=O)c2cc(C)n(-c3nccs3)c2C)nnc1-c1ccncc1. The molecular weight excluding hydrogens is 416 g/mol. The third kappa shape index (κ3) is 3.86. The predicted molar refractivity (Wildman–Crippen MR) is 119 cm³/mol. The summed E-state index contributed by atoms with van der Waals surface area (Å²) in [7, 11) is 0. The van der Waals surface area contributed by atoms with Crippen LogP contribution in [0.15, 0.2) is 60.0 Å². The number of aryl methyl sites for hydroxylation is 1. The molecule has 0 unspecified atom stereocenters. The van der Waals surface area contributed by atoms with Crippen LogP contribution < -0.4 is 0 Å². The molecule has 4 aromatic rings. The number of aromatic nitrogens is 6. The zero-order chi connectivity index (χ0) is 21.1. The normalized spacial score (nSPS) is 11.0. The highest BCUT2D eigenvalue weighted by Gasteiger charge is 2.20. The van der Waals surface area contributed by atoms with E-state index >= 15 is 0 Å². The van der Waals surface area contributed by atoms with Crippen molar-refractivity contribution < 1.29 is 4.79 Å². The molecule has 0 aliphatic rings. The lowest BCUT2D eigenvalue weighted by Gasteiger charge is -2.08. The third-order valence-corrected chi connectivity index (χ3v) is 6.36. The molecule has 30 heavy (non-hydrogen) atoms. The molecule has 0 aromatic carbocycles. The Bertz CT molecular complexity index is 1180. The van der Waals surface area contributed by atoms with Crippen LogP contribution in [-0.4, -0.2) is 40.8 Å². The van der Waals surface area contributed by atoms with Gasteiger partial charge in [-0.2, -0.15) is 0 Å². The van der Waals surface area contributed by atoms with E-state index in [1.54, 1.807) is 36.0 Å². The molecular formula is C21H20N6OS2. The van der Waals surface area contributed by atoms with Crippen molar-refractivity contribution in [3.63, 3.8) is 0 Å². The molecule has 152 valence electrons. The molecule has 0 fully saturated rings. The van der Waals surface area contributed by atoms with Gasteiger partial charge in [0.2, 0.25) is 0 Å². The maximum absolute atomic E-state index is 13.0. The molecule has 0 amide bonds. The van der Waals surface area contributed by atoms with Crippen molar-refractivity contribution in [2.75, 3.05) is 5.75 Å². The van der Waals surface area contributed by atoms with Crippen LogP contribution in [0.1, 0.15) is 21.7 Å². The van der Waals surface area contributed by atoms with Crippen LogP contribution in [0.2, 0.25) is 0 Å². The van der Waals surface area contributed by atoms with Gasteiger partial charge in [0.1, 0.15) is 0 Å². The summed E-state index contributed by atoms with van der Waals surface area (Å²) in [6.07, 6.45) is 7.00. The van der Waals surface area contributed by atoms with Crippen molar-refractivity contribution in [1.82, 2.24) is 29.3 Å². The fourth-order valence-corrected chi connectivity index (χ4v) is 4.86. The van der Waals surface area contributed by atoms with E-state index in [1.807, 2.05) is 46.6 Å². The molecule has 4 heterocycles. The summed E-state index contributed by atoms with van der Waals surface area (Å²) in [5, 5.41) is 12.1. The molecule has 0 atom stereocenters. The number of hydrogen-bond acceptors (Lipinski definition) is 7. The number of thiazole rings is 1. The number of ketones is 1. The number of carbonyl (C=O) groups is 1. The van der Waals surface area contributed by atoms with E-state index in [1.165, 1.54) is 11.8 Å². The molecule has 0 saturated heterocycles. The topological polar surface area (TPSA) is 78.5 Å². The van der Waals surface area contributed by atoms with Gasteiger partial charge in [0.05, 0.1) is 5.75 Å². The third-order valence-electron chi connectivity index (χ3n) is 4.64. The summed E-state index contributed by atoms with van der Waals surface area (Å²) in [5.74, 6) is 1.05. The maximum Gasteiger partial charge on any atom is 0.193 e. The maximum atomic E-state index is 13.0. The Hall–Kier alpha value is -3.04. The van der Waals surface area contributed by atoms with Crippen molar-refractivity contribution in [2.24, 2.45) is 0 Å². The molecule has 0 saturated carbocycles. The first-order valence-corrected chi connectivity index (χ1v) is 11.2. The molecule has 9 heteroatoms. The molecule has 0 N–H and O–H groups in total. The van der Waals surface area contributed by atoms with E-state index in [0.717, 1.165) is 27.9 Å². The van der Waals surface area contributed by atoms with Gasteiger partial charge in [0.25, 0.3) is 0 Å². The van der Waals surface area contributed by atoms with Gasteiger partial charge in [-0.05, 0) is 32.0 Å². The average molecular weight is 437 g/mol. The fraction of sp³-hybridized carbons (Fsp3) is 0.190. The van der Waals surface area contributed by atoms with Gasteiger partial charge in [0.15, 0.2) is 21.9 Å². The zero-order valence-corrected chi connectivity index (χ0v) is 18.3. The van der Waals surface area contributed by atoms with Gasteiger partial charge in [0, 0.05) is 53.0 Å². The van der Waals surface area contributed by atoms with Crippen molar-refractivity contribution >= 4 is 28.9 Å². The highest BCUT2D eigenvalue weighted by atomic mass is 32.2. The Morgan fingerprint density at radius 2 is 2.03 bits per heavy atom. The molecule has 0 radical (unpaired) electrons. The number of thioether (sulfide) groups is 1. The summed E-state index contributed by atoms with van der Waals surface area (Å²) in [5.41, 5.74) is 3.52. The number of pyridine rings is 1. The van der Waals surface area contributed by atoms with Crippen LogP contribution in [0.4, 0.5) is 0 Å². The van der Waals surface area contributed by atoms with Gasteiger partial charge in [-0.25, -0.2) is 4.98 Å². The van der Waals surface area contributed by atoms with Crippen LogP contribution in [0.25, 0.3) is 16.5 Å². The Morgan fingerprint density at radius 1 is 1.23 bits per heavy atom. The minimum atomic E-state index is 0.0505. The lowest BCUT2D eigenvalue weighted by Crippen LogP contribution is -2.07. The first kappa shape index (κ1) is 20.2. The van der Waals surface area contributed by atoms with Gasteiger partial charge >= 0.3 is 0 Å². The highest BCUT2D eigenvalue weighted by molar-refractivity contribution is 7.99. The molecule has 0 aliphatic heterocycles. The summed E-state index contributed by atoms with van der Waals surface area (Å²) in [6.45, 7) is 8.32. The molecule has 0 aliphatic carbocycles. The molecule has 7 nitrogen and oxygen atoms in total. The van der Waals surface area contributed by atoms with Crippen molar-refractivity contribution in [3.05, 3.63) is 71.8 Å². The van der Waals surface area contributed by atoms with Crippen LogP contribution in [0.3, 0.4) is 0 Å². The van der Waals surface area contributed by atoms with Crippen molar-refractivity contribution in [1.29, 1.82) is 0 Å². The summed E-state index contributed by atoms with van der Waals surface area (Å²) < 4.78 is 3.98. The number of nitrogens with zero attached hydrogens (tertiary/aromatic N) is 6. The lowest BCUT2D eigenvalue weighted by molar-refractivity contribution is 0.102. The monoisotopic (exact) mass is 436 g/mol. The number of carbonyl (C=O) groups excluding carboxylic acids is 1. The molecule has 0 spiro atoms. The van der Waals surface area contributed by atoms with Gasteiger partial charge in [-0.1, -0.05) is 17.8 Å². The molecule has 0 bridgehead atoms. The first-order chi connectivity index (χ1) is 14.6. The second-order valence-electron chi connectivity index (χ2n) is 6.59. The smallest absolute Gasteiger partial charge is 0.193 e. The Balaban J connectivity index is 1.56. The van der Waals surface area contributed by atoms with Crippen LogP contribution in [-0.2, 0) is 6.54 Å². The standard InChI is InChI=1S/C21H20N6OS2/c1-4-10-26-19(16-5-7-22-8-6-16)24-25-21(26)30-13-18(28)17-12-14(2)27(15(17)3)20-23-9-11-29-20/h4-9,11-12H,1,10,13H2,2-3H3. The minimum absolute atomic E-state index is 0.0505. The molecule has 4 rings (SSSR count). The highest BCUT2D eigenvalue weighted by Crippen LogP contribution is 2.27. The Labute approximate surface area is 182 Å². The van der Waals surface area contributed by atoms with E-state index in [9.17, 15) is 4.79 Å². The largest absolute Gasteiger partial charge is 0.298 e. The van der Waals surface area contributed by atoms with Crippen LogP contribution in [0, 0.1) is 13.8 Å². The van der Waals surface area contributed by atoms with E-state index in [-0.39, 0.29) is 11.5 Å². The Morgan fingerprint density at radius 3 is 2.73 bits per heavy atom. The predicted octanol–water partition coefficient (Wildman–Crippen LogP) is 4.37. The quantitative estimate of drug-likeness (QED) is 0.232. The number of hydrogen-bond donors (Lipinski definition) is 0. The summed E-state index contributed by atoms with van der Waals surface area (Å²) in [4.78, 5) is 21.4. The van der Waals surface area contributed by atoms with Gasteiger partial charge in [-0.3, -0.25) is 18.9 Å². The minimum Gasteiger partial charge on any atom is -0.298 e. The second kappa shape index (κ2) is 8.76. The number of Topliss-reactive ketones (excluding diaryl/α,β-unsaturated/α-hetero) is 1. The summed E-state index contributed by atoms with van der Waals surface area (Å²) >= 11 is 2.93. The number of allylic oxidation sites excluding steroid dienone is 1. The van der Waals surface area contributed by atoms with E-state index in [0.29, 0.717) is 17.3 Å². The number of rotatable bonds is 8. The fourth-order valence-electron chi connectivity index (χ4n) is 3.28. The van der Waals surface area contributed by atoms with Crippen molar-refractivity contribution in [2.45, 2.75) is 25.5 Å². The van der Waals surface area contributed by atoms with E-state index < -0.39 is 0 Å². The zero-order valence-electron chi connectivity index (χ0n) is 16.6. The lowest BCUT2D eigenvalue weighted by atomic mass is 10.2. The van der Waals surface area contributed by atoms with Gasteiger partial charge < -0.3 is 0 Å². The Kier molecular flexibility index (Phi) is 5.91. The van der Waals surface area contributed by atoms with Crippen LogP contribution >= 0.6 is 23.1 Å². The average Bonchev–Trinajstić information content (AvgIpc) is 3.47. The van der Waals surface area contributed by atoms with E-state index in [2.05, 4.69) is 26.7 Å². The second-order valence-corrected chi connectivity index (χ2v) is 8.40. The first-order valence-electron chi connectivity index (χ1n) is 9.29.